The summed E-state index contributed by atoms with van der Waals surface area (Å²) in [4.78, 5) is 3.11. The molecule has 5 nitrogen and oxygen atoms in total. The first-order valence-electron chi connectivity index (χ1n) is 5.49. The SMILES string of the molecule is NC(c1noc(C(F)(F)F)n1)c1ccccc1OC(F)F. The lowest BCUT2D eigenvalue weighted by Crippen LogP contribution is -2.16. The van der Waals surface area contributed by atoms with Gasteiger partial charge in [-0.2, -0.15) is 26.9 Å². The molecule has 0 saturated heterocycles. The number of para-hydroxylation sites is 1. The second-order valence-corrected chi connectivity index (χ2v) is 3.85. The van der Waals surface area contributed by atoms with E-state index in [-0.39, 0.29) is 11.3 Å². The molecule has 1 aromatic carbocycles. The normalized spacial score (nSPS) is 13.5. The Morgan fingerprint density at radius 3 is 2.43 bits per heavy atom. The number of aromatic nitrogens is 2. The van der Waals surface area contributed by atoms with Crippen LogP contribution in [0.4, 0.5) is 22.0 Å². The largest absolute Gasteiger partial charge is 0.471 e. The Labute approximate surface area is 114 Å². The number of hydrogen-bond acceptors (Lipinski definition) is 5. The van der Waals surface area contributed by atoms with Gasteiger partial charge in [-0.1, -0.05) is 23.4 Å². The van der Waals surface area contributed by atoms with Crippen LogP contribution in [0.5, 0.6) is 5.75 Å². The predicted molar refractivity (Wildman–Crippen MR) is 58.4 cm³/mol. The fraction of sp³-hybridized carbons (Fsp3) is 0.273. The van der Waals surface area contributed by atoms with Crippen molar-refractivity contribution in [2.75, 3.05) is 0 Å². The fourth-order valence-corrected chi connectivity index (χ4v) is 1.56. The van der Waals surface area contributed by atoms with E-state index in [2.05, 4.69) is 19.4 Å². The van der Waals surface area contributed by atoms with Crippen molar-refractivity contribution in [1.29, 1.82) is 0 Å². The molecule has 10 heteroatoms. The van der Waals surface area contributed by atoms with Crippen molar-refractivity contribution in [3.05, 3.63) is 41.5 Å². The predicted octanol–water partition coefficient (Wildman–Crippen LogP) is 2.74. The van der Waals surface area contributed by atoms with Gasteiger partial charge in [0.2, 0.25) is 0 Å². The number of hydrogen-bond donors (Lipinski definition) is 1. The molecule has 1 heterocycles. The van der Waals surface area contributed by atoms with E-state index in [9.17, 15) is 22.0 Å². The summed E-state index contributed by atoms with van der Waals surface area (Å²) >= 11 is 0. The minimum Gasteiger partial charge on any atom is -0.434 e. The van der Waals surface area contributed by atoms with Gasteiger partial charge in [0.25, 0.3) is 0 Å². The number of nitrogens with zero attached hydrogens (tertiary/aromatic N) is 2. The molecule has 114 valence electrons. The van der Waals surface area contributed by atoms with Crippen LogP contribution in [0, 0.1) is 0 Å². The maximum atomic E-state index is 12.4. The van der Waals surface area contributed by atoms with Crippen LogP contribution in [0.25, 0.3) is 0 Å². The lowest BCUT2D eigenvalue weighted by atomic mass is 10.1. The number of rotatable bonds is 4. The molecule has 21 heavy (non-hydrogen) atoms. The Hall–Kier alpha value is -2.23. The standard InChI is InChI=1S/C11H8F5N3O2/c12-10(13)20-6-4-2-1-3-5(6)7(17)8-18-9(21-19-8)11(14,15)16/h1-4,7,10H,17H2. The van der Waals surface area contributed by atoms with Gasteiger partial charge < -0.3 is 15.0 Å². The molecule has 0 radical (unpaired) electrons. The van der Waals surface area contributed by atoms with E-state index < -0.39 is 30.5 Å². The van der Waals surface area contributed by atoms with Gasteiger partial charge in [-0.25, -0.2) is 0 Å². The minimum absolute atomic E-state index is 0.00678. The Morgan fingerprint density at radius 2 is 1.86 bits per heavy atom. The van der Waals surface area contributed by atoms with Crippen LogP contribution in [0.1, 0.15) is 23.3 Å². The number of halogens is 5. The van der Waals surface area contributed by atoms with Gasteiger partial charge in [-0.05, 0) is 6.07 Å². The first-order valence-corrected chi connectivity index (χ1v) is 5.49. The summed E-state index contributed by atoms with van der Waals surface area (Å²) in [5, 5.41) is 3.11. The Morgan fingerprint density at radius 1 is 1.19 bits per heavy atom. The van der Waals surface area contributed by atoms with Crippen molar-refractivity contribution < 1.29 is 31.2 Å². The molecule has 0 fully saturated rings. The van der Waals surface area contributed by atoms with Crippen LogP contribution in [0.3, 0.4) is 0 Å². The second-order valence-electron chi connectivity index (χ2n) is 3.85. The maximum Gasteiger partial charge on any atom is 0.471 e. The van der Waals surface area contributed by atoms with Crippen LogP contribution in [0.15, 0.2) is 28.8 Å². The highest BCUT2D eigenvalue weighted by atomic mass is 19.4. The average molecular weight is 309 g/mol. The summed E-state index contributed by atoms with van der Waals surface area (Å²) in [6, 6.07) is 4.07. The molecular formula is C11H8F5N3O2. The van der Waals surface area contributed by atoms with Gasteiger partial charge in [-0.15, -0.1) is 0 Å². The van der Waals surface area contributed by atoms with Crippen LogP contribution in [-0.2, 0) is 6.18 Å². The second kappa shape index (κ2) is 5.64. The van der Waals surface area contributed by atoms with E-state index in [0.29, 0.717) is 0 Å². The fourth-order valence-electron chi connectivity index (χ4n) is 1.56. The summed E-state index contributed by atoms with van der Waals surface area (Å²) in [5.74, 6) is -2.34. The van der Waals surface area contributed by atoms with Crippen molar-refractivity contribution in [2.45, 2.75) is 18.8 Å². The topological polar surface area (TPSA) is 74.2 Å². The minimum atomic E-state index is -4.82. The number of ether oxygens (including phenoxy) is 1. The third-order valence-corrected chi connectivity index (χ3v) is 2.43. The third kappa shape index (κ3) is 3.45. The van der Waals surface area contributed by atoms with Gasteiger partial charge in [-0.3, -0.25) is 0 Å². The molecule has 0 amide bonds. The smallest absolute Gasteiger partial charge is 0.434 e. The van der Waals surface area contributed by atoms with Crippen molar-refractivity contribution in [3.8, 4) is 5.75 Å². The molecule has 2 N–H and O–H groups in total. The zero-order valence-corrected chi connectivity index (χ0v) is 10.1. The van der Waals surface area contributed by atoms with Gasteiger partial charge in [0.05, 0.1) is 6.04 Å². The molecule has 0 spiro atoms. The molecule has 1 aromatic heterocycles. The summed E-state index contributed by atoms with van der Waals surface area (Å²) < 4.78 is 69.9. The van der Waals surface area contributed by atoms with E-state index in [0.717, 1.165) is 0 Å². The van der Waals surface area contributed by atoms with Gasteiger partial charge in [0, 0.05) is 5.56 Å². The number of benzene rings is 1. The van der Waals surface area contributed by atoms with E-state index in [1.807, 2.05) is 0 Å². The molecule has 2 aromatic rings. The molecule has 0 aliphatic carbocycles. The van der Waals surface area contributed by atoms with Crippen LogP contribution >= 0.6 is 0 Å². The van der Waals surface area contributed by atoms with Crippen molar-refractivity contribution >= 4 is 0 Å². The molecule has 0 aliphatic heterocycles. The molecule has 0 bridgehead atoms. The number of nitrogens with two attached hydrogens (primary N) is 1. The van der Waals surface area contributed by atoms with Crippen molar-refractivity contribution in [1.82, 2.24) is 10.1 Å². The quantitative estimate of drug-likeness (QED) is 0.879. The van der Waals surface area contributed by atoms with E-state index in [4.69, 9.17) is 5.73 Å². The first-order chi connectivity index (χ1) is 9.79. The van der Waals surface area contributed by atoms with Crippen molar-refractivity contribution in [3.63, 3.8) is 0 Å². The number of alkyl halides is 5. The monoisotopic (exact) mass is 309 g/mol. The van der Waals surface area contributed by atoms with Gasteiger partial charge >= 0.3 is 18.7 Å². The van der Waals surface area contributed by atoms with Crippen LogP contribution in [0.2, 0.25) is 0 Å². The maximum absolute atomic E-state index is 12.4. The van der Waals surface area contributed by atoms with E-state index in [1.165, 1.54) is 24.3 Å². The molecule has 1 unspecified atom stereocenters. The van der Waals surface area contributed by atoms with E-state index in [1.54, 1.807) is 0 Å². The summed E-state index contributed by atoms with van der Waals surface area (Å²) in [6.07, 6.45) is -4.82. The lowest BCUT2D eigenvalue weighted by molar-refractivity contribution is -0.159. The van der Waals surface area contributed by atoms with Crippen LogP contribution < -0.4 is 10.5 Å². The van der Waals surface area contributed by atoms with Gasteiger partial charge in [0.15, 0.2) is 5.82 Å². The Kier molecular flexibility index (Phi) is 4.07. The zero-order chi connectivity index (χ0) is 15.6. The Bertz CT molecular complexity index is 614. The summed E-state index contributed by atoms with van der Waals surface area (Å²) in [7, 11) is 0. The van der Waals surface area contributed by atoms with Gasteiger partial charge in [0.1, 0.15) is 5.75 Å². The molecule has 0 saturated carbocycles. The summed E-state index contributed by atoms with van der Waals surface area (Å²) in [5.41, 5.74) is 5.68. The van der Waals surface area contributed by atoms with E-state index >= 15 is 0 Å². The highest BCUT2D eigenvalue weighted by Gasteiger charge is 2.39. The average Bonchev–Trinajstić information content (AvgIpc) is 2.87. The highest BCUT2D eigenvalue weighted by molar-refractivity contribution is 5.38. The lowest BCUT2D eigenvalue weighted by Gasteiger charge is -2.13. The first kappa shape index (κ1) is 15.2. The molecule has 2 rings (SSSR count). The summed E-state index contributed by atoms with van der Waals surface area (Å²) in [6.45, 7) is -3.10. The van der Waals surface area contributed by atoms with Crippen molar-refractivity contribution in [2.24, 2.45) is 5.73 Å². The molecular weight excluding hydrogens is 301 g/mol. The zero-order valence-electron chi connectivity index (χ0n) is 10.1. The third-order valence-electron chi connectivity index (χ3n) is 2.43. The van der Waals surface area contributed by atoms with Crippen LogP contribution in [-0.4, -0.2) is 16.8 Å². The highest BCUT2D eigenvalue weighted by Crippen LogP contribution is 2.31. The molecule has 1 atom stereocenters. The Balaban J connectivity index is 2.32. The molecule has 0 aliphatic rings.